The lowest BCUT2D eigenvalue weighted by molar-refractivity contribution is -0.286. The summed E-state index contributed by atoms with van der Waals surface area (Å²) in [6, 6.07) is 6.11. The summed E-state index contributed by atoms with van der Waals surface area (Å²) in [5, 5.41) is 16.5. The number of fused-ring (bicyclic) bond motifs is 4. The fourth-order valence-electron chi connectivity index (χ4n) is 5.40. The molecule has 10 nitrogen and oxygen atoms in total. The molecule has 1 aliphatic heterocycles. The molecule has 3 fully saturated rings. The molecule has 0 radical (unpaired) electrons. The van der Waals surface area contributed by atoms with Gasteiger partial charge in [-0.1, -0.05) is 0 Å². The van der Waals surface area contributed by atoms with Crippen LogP contribution in [0.5, 0.6) is 28.7 Å². The van der Waals surface area contributed by atoms with Gasteiger partial charge in [-0.15, -0.1) is 22.0 Å². The molecule has 2 aromatic rings. The summed E-state index contributed by atoms with van der Waals surface area (Å²) < 4.78 is 99.9. The Bertz CT molecular complexity index is 1360. The topological polar surface area (TPSA) is 125 Å². The Hall–Kier alpha value is -4.08. The average Bonchev–Trinajstić information content (AvgIpc) is 3.21. The molecular formula is C26H24F6N2O8. The van der Waals surface area contributed by atoms with Crippen LogP contribution in [-0.4, -0.2) is 60.0 Å². The summed E-state index contributed by atoms with van der Waals surface area (Å²) in [7, 11) is 0. The van der Waals surface area contributed by atoms with E-state index in [2.05, 4.69) is 24.8 Å². The monoisotopic (exact) mass is 606 g/mol. The first kappa shape index (κ1) is 29.4. The molecule has 42 heavy (non-hydrogen) atoms. The second-order valence-corrected chi connectivity index (χ2v) is 10.2. The summed E-state index contributed by atoms with van der Waals surface area (Å²) in [5.74, 6) is -4.02. The lowest BCUT2D eigenvalue weighted by Crippen LogP contribution is -2.70. The van der Waals surface area contributed by atoms with Crippen molar-refractivity contribution < 1.29 is 64.7 Å². The quantitative estimate of drug-likeness (QED) is 0.371. The number of aliphatic hydroxyl groups excluding tert-OH is 1. The third kappa shape index (κ3) is 6.53. The maximum atomic E-state index is 13.9. The van der Waals surface area contributed by atoms with Crippen LogP contribution < -0.4 is 34.3 Å². The second kappa shape index (κ2) is 10.6. The number of carbonyl (C=O) groups is 2. The first-order chi connectivity index (χ1) is 19.6. The van der Waals surface area contributed by atoms with Crippen molar-refractivity contribution in [2.45, 2.75) is 61.9 Å². The van der Waals surface area contributed by atoms with Crippen LogP contribution >= 0.6 is 0 Å². The van der Waals surface area contributed by atoms with Crippen molar-refractivity contribution in [3.8, 4) is 28.7 Å². The predicted octanol–water partition coefficient (Wildman–Crippen LogP) is 3.55. The number of ether oxygens (including phenoxy) is 5. The van der Waals surface area contributed by atoms with Gasteiger partial charge in [-0.2, -0.15) is 0 Å². The number of halogens is 6. The highest BCUT2D eigenvalue weighted by molar-refractivity contribution is 5.79. The highest BCUT2D eigenvalue weighted by atomic mass is 19.4. The molecule has 3 N–H and O–H groups in total. The number of nitrogens with one attached hydrogen (secondary N) is 2. The maximum Gasteiger partial charge on any atom is 0.586 e. The summed E-state index contributed by atoms with van der Waals surface area (Å²) in [6.07, 6.45) is -8.29. The zero-order valence-electron chi connectivity index (χ0n) is 21.6. The average molecular weight is 606 g/mol. The standard InChI is InChI=1S/C26H24F6N2O8/c27-16-9-14(1-3-17(16)40-25(28,29)30)38-12-21(36)33-23-5-7-24(8-6-23,20(35)11-23)34-22(37)13-39-15-2-4-18-19(10-15)42-26(31,32)41-18/h1-4,9-10,20,35H,5-8,11-13H2,(H,33,36)(H,34,37)/t20-,23?,24?/m0/s1. The van der Waals surface area contributed by atoms with Gasteiger partial charge in [0.15, 0.2) is 36.3 Å². The van der Waals surface area contributed by atoms with Crippen LogP contribution in [0.15, 0.2) is 36.4 Å². The van der Waals surface area contributed by atoms with E-state index < -0.39 is 66.4 Å². The number of hydrogen-bond donors (Lipinski definition) is 3. The molecule has 3 saturated carbocycles. The minimum atomic E-state index is -5.07. The molecule has 0 spiro atoms. The van der Waals surface area contributed by atoms with Gasteiger partial charge in [-0.25, -0.2) is 4.39 Å². The number of benzene rings is 2. The van der Waals surface area contributed by atoms with E-state index >= 15 is 0 Å². The van der Waals surface area contributed by atoms with Crippen molar-refractivity contribution in [1.29, 1.82) is 0 Å². The highest BCUT2D eigenvalue weighted by Gasteiger charge is 2.55. The maximum absolute atomic E-state index is 13.9. The molecule has 0 aromatic heterocycles. The van der Waals surface area contributed by atoms with Crippen molar-refractivity contribution in [1.82, 2.24) is 10.6 Å². The van der Waals surface area contributed by atoms with Gasteiger partial charge in [0.2, 0.25) is 0 Å². The van der Waals surface area contributed by atoms with E-state index in [1.807, 2.05) is 0 Å². The summed E-state index contributed by atoms with van der Waals surface area (Å²) in [6.45, 7) is -1.03. The fraction of sp³-hybridized carbons (Fsp3) is 0.462. The van der Waals surface area contributed by atoms with Crippen LogP contribution in [-0.2, 0) is 9.59 Å². The largest absolute Gasteiger partial charge is 0.586 e. The van der Waals surface area contributed by atoms with E-state index in [4.69, 9.17) is 9.47 Å². The van der Waals surface area contributed by atoms with Crippen molar-refractivity contribution >= 4 is 11.8 Å². The zero-order valence-corrected chi connectivity index (χ0v) is 21.6. The molecule has 1 atom stereocenters. The Morgan fingerprint density at radius 3 is 2.12 bits per heavy atom. The molecule has 1 heterocycles. The van der Waals surface area contributed by atoms with E-state index in [1.54, 1.807) is 0 Å². The van der Waals surface area contributed by atoms with Gasteiger partial charge in [0.25, 0.3) is 11.8 Å². The molecule has 228 valence electrons. The van der Waals surface area contributed by atoms with Crippen molar-refractivity contribution in [3.63, 3.8) is 0 Å². The SMILES string of the molecule is O=C(COc1ccc(OC(F)(F)F)c(F)c1)NC12CCC(NC(=O)COc3ccc4c(c3)OC(F)(F)O4)(CC1)[C@@H](O)C2. The van der Waals surface area contributed by atoms with Crippen LogP contribution in [0.4, 0.5) is 26.3 Å². The van der Waals surface area contributed by atoms with Gasteiger partial charge >= 0.3 is 12.7 Å². The molecule has 4 aliphatic rings. The van der Waals surface area contributed by atoms with Crippen LogP contribution in [0.3, 0.4) is 0 Å². The summed E-state index contributed by atoms with van der Waals surface area (Å²) in [5.41, 5.74) is -1.74. The summed E-state index contributed by atoms with van der Waals surface area (Å²) in [4.78, 5) is 25.2. The molecule has 2 amide bonds. The fourth-order valence-corrected chi connectivity index (χ4v) is 5.40. The number of aliphatic hydroxyl groups is 1. The predicted molar refractivity (Wildman–Crippen MR) is 128 cm³/mol. The Labute approximate surface area is 233 Å². The summed E-state index contributed by atoms with van der Waals surface area (Å²) >= 11 is 0. The first-order valence-corrected chi connectivity index (χ1v) is 12.7. The van der Waals surface area contributed by atoms with Gasteiger partial charge in [-0.3, -0.25) is 9.59 Å². The second-order valence-electron chi connectivity index (χ2n) is 10.2. The zero-order chi connectivity index (χ0) is 30.3. The Balaban J connectivity index is 1.09. The Morgan fingerprint density at radius 2 is 1.50 bits per heavy atom. The molecular weight excluding hydrogens is 582 g/mol. The van der Waals surface area contributed by atoms with Gasteiger partial charge in [0.05, 0.1) is 11.6 Å². The third-order valence-electron chi connectivity index (χ3n) is 7.36. The molecule has 2 bridgehead atoms. The smallest absolute Gasteiger partial charge is 0.484 e. The van der Waals surface area contributed by atoms with E-state index in [9.17, 15) is 41.0 Å². The van der Waals surface area contributed by atoms with Crippen molar-refractivity contribution in [2.75, 3.05) is 13.2 Å². The molecule has 0 unspecified atom stereocenters. The van der Waals surface area contributed by atoms with Gasteiger partial charge in [0, 0.05) is 17.7 Å². The Kier molecular flexibility index (Phi) is 7.45. The lowest BCUT2D eigenvalue weighted by atomic mass is 9.60. The number of hydrogen-bond acceptors (Lipinski definition) is 8. The van der Waals surface area contributed by atoms with E-state index in [1.165, 1.54) is 12.1 Å². The van der Waals surface area contributed by atoms with Crippen molar-refractivity contribution in [3.05, 3.63) is 42.2 Å². The van der Waals surface area contributed by atoms with E-state index in [-0.39, 0.29) is 29.4 Å². The highest BCUT2D eigenvalue weighted by Crippen LogP contribution is 2.47. The van der Waals surface area contributed by atoms with Crippen molar-refractivity contribution in [2.24, 2.45) is 0 Å². The molecule has 0 saturated heterocycles. The number of alkyl halides is 5. The molecule has 6 rings (SSSR count). The normalized spacial score (nSPS) is 25.5. The molecule has 16 heteroatoms. The number of amides is 2. The molecule has 3 aliphatic carbocycles. The number of rotatable bonds is 9. The first-order valence-electron chi connectivity index (χ1n) is 12.7. The Morgan fingerprint density at radius 1 is 0.905 bits per heavy atom. The number of carbonyl (C=O) groups excluding carboxylic acids is 2. The van der Waals surface area contributed by atoms with Gasteiger partial charge in [-0.05, 0) is 56.4 Å². The van der Waals surface area contributed by atoms with Crippen LogP contribution in [0.2, 0.25) is 0 Å². The lowest BCUT2D eigenvalue weighted by Gasteiger charge is -2.56. The minimum Gasteiger partial charge on any atom is -0.484 e. The van der Waals surface area contributed by atoms with Crippen LogP contribution in [0.25, 0.3) is 0 Å². The van der Waals surface area contributed by atoms with Crippen LogP contribution in [0, 0.1) is 5.82 Å². The van der Waals surface area contributed by atoms with Gasteiger partial charge < -0.3 is 39.4 Å². The van der Waals surface area contributed by atoms with E-state index in [0.717, 1.165) is 18.2 Å². The minimum absolute atomic E-state index is 0.0906. The van der Waals surface area contributed by atoms with Crippen LogP contribution in [0.1, 0.15) is 32.1 Å². The molecule has 2 aromatic carbocycles. The van der Waals surface area contributed by atoms with Gasteiger partial charge in [0.1, 0.15) is 11.5 Å². The van der Waals surface area contributed by atoms with E-state index in [0.29, 0.717) is 31.7 Å². The third-order valence-corrected chi connectivity index (χ3v) is 7.36.